The lowest BCUT2D eigenvalue weighted by Gasteiger charge is -2.32. The smallest absolute Gasteiger partial charge is 0.227 e. The highest BCUT2D eigenvalue weighted by Gasteiger charge is 2.25. The van der Waals surface area contributed by atoms with E-state index < -0.39 is 0 Å². The number of aromatic nitrogens is 2. The summed E-state index contributed by atoms with van der Waals surface area (Å²) >= 11 is 0. The number of anilines is 2. The molecule has 2 fully saturated rings. The zero-order chi connectivity index (χ0) is 13.9. The number of carbonyl (C=O) groups excluding carboxylic acids is 1. The summed E-state index contributed by atoms with van der Waals surface area (Å²) in [4.78, 5) is 25.0. The number of likely N-dealkylation sites (N-methyl/N-ethyl adjacent to an activating group) is 1. The van der Waals surface area contributed by atoms with Crippen molar-refractivity contribution in [3.05, 3.63) is 12.4 Å². The molecule has 2 heterocycles. The molecule has 1 amide bonds. The lowest BCUT2D eigenvalue weighted by Crippen LogP contribution is -2.45. The lowest BCUT2D eigenvalue weighted by atomic mass is 9.85. The van der Waals surface area contributed by atoms with Crippen molar-refractivity contribution in [1.82, 2.24) is 14.9 Å². The second-order valence-electron chi connectivity index (χ2n) is 5.68. The molecule has 1 saturated carbocycles. The number of nitrogens with one attached hydrogen (secondary N) is 1. The second-order valence-corrected chi connectivity index (χ2v) is 5.68. The minimum Gasteiger partial charge on any atom is -0.338 e. The molecule has 1 saturated heterocycles. The fourth-order valence-electron chi connectivity index (χ4n) is 2.47. The Kier molecular flexibility index (Phi) is 3.82. The van der Waals surface area contributed by atoms with Crippen molar-refractivity contribution in [2.75, 3.05) is 43.4 Å². The molecule has 0 unspecified atom stereocenters. The largest absolute Gasteiger partial charge is 0.338 e. The maximum absolute atomic E-state index is 11.8. The van der Waals surface area contributed by atoms with Gasteiger partial charge in [0, 0.05) is 32.1 Å². The van der Waals surface area contributed by atoms with Gasteiger partial charge in [0.15, 0.2) is 0 Å². The van der Waals surface area contributed by atoms with E-state index in [1.807, 2.05) is 0 Å². The molecule has 6 nitrogen and oxygen atoms in total. The maximum Gasteiger partial charge on any atom is 0.227 e. The van der Waals surface area contributed by atoms with E-state index in [4.69, 9.17) is 0 Å². The normalized spacial score (nSPS) is 20.6. The zero-order valence-corrected chi connectivity index (χ0v) is 11.9. The van der Waals surface area contributed by atoms with Crippen molar-refractivity contribution in [3.8, 4) is 0 Å². The molecular weight excluding hydrogens is 254 g/mol. The highest BCUT2D eigenvalue weighted by molar-refractivity contribution is 5.92. The molecule has 0 radical (unpaired) electrons. The molecule has 1 aliphatic heterocycles. The SMILES string of the molecule is CN1CCN(c2ncc(NC(=O)C3CCC3)cn2)CC1. The van der Waals surface area contributed by atoms with Crippen LogP contribution in [0.25, 0.3) is 0 Å². The quantitative estimate of drug-likeness (QED) is 0.890. The molecule has 1 aromatic rings. The first-order valence-electron chi connectivity index (χ1n) is 7.29. The van der Waals surface area contributed by atoms with Gasteiger partial charge in [0.25, 0.3) is 0 Å². The maximum atomic E-state index is 11.8. The Morgan fingerprint density at radius 1 is 1.20 bits per heavy atom. The summed E-state index contributed by atoms with van der Waals surface area (Å²) in [7, 11) is 2.12. The first-order valence-corrected chi connectivity index (χ1v) is 7.29. The van der Waals surface area contributed by atoms with Crippen LogP contribution in [0.4, 0.5) is 11.6 Å². The fourth-order valence-corrected chi connectivity index (χ4v) is 2.47. The fraction of sp³-hybridized carbons (Fsp3) is 0.643. The highest BCUT2D eigenvalue weighted by atomic mass is 16.1. The molecule has 0 atom stereocenters. The number of hydrogen-bond donors (Lipinski definition) is 1. The summed E-state index contributed by atoms with van der Waals surface area (Å²) in [5, 5.41) is 2.89. The topological polar surface area (TPSA) is 61.4 Å². The second kappa shape index (κ2) is 5.75. The average Bonchev–Trinajstić information content (AvgIpc) is 2.38. The van der Waals surface area contributed by atoms with Crippen LogP contribution in [-0.2, 0) is 4.79 Å². The van der Waals surface area contributed by atoms with Gasteiger partial charge in [-0.1, -0.05) is 6.42 Å². The molecule has 108 valence electrons. The Hall–Kier alpha value is -1.69. The van der Waals surface area contributed by atoms with Gasteiger partial charge < -0.3 is 15.1 Å². The molecule has 0 aromatic carbocycles. The Balaban J connectivity index is 1.58. The van der Waals surface area contributed by atoms with Crippen LogP contribution in [0.1, 0.15) is 19.3 Å². The summed E-state index contributed by atoms with van der Waals surface area (Å²) in [5.74, 6) is 1.04. The molecule has 1 aromatic heterocycles. The summed E-state index contributed by atoms with van der Waals surface area (Å²) < 4.78 is 0. The van der Waals surface area contributed by atoms with E-state index in [0.717, 1.165) is 51.4 Å². The van der Waals surface area contributed by atoms with Gasteiger partial charge in [0.2, 0.25) is 11.9 Å². The van der Waals surface area contributed by atoms with Crippen molar-refractivity contribution < 1.29 is 4.79 Å². The molecule has 1 N–H and O–H groups in total. The van der Waals surface area contributed by atoms with Gasteiger partial charge in [0.1, 0.15) is 0 Å². The van der Waals surface area contributed by atoms with E-state index in [1.54, 1.807) is 12.4 Å². The zero-order valence-electron chi connectivity index (χ0n) is 11.9. The number of rotatable bonds is 3. The number of nitrogens with zero attached hydrogens (tertiary/aromatic N) is 4. The average molecular weight is 275 g/mol. The van der Waals surface area contributed by atoms with Crippen LogP contribution in [0.2, 0.25) is 0 Å². The van der Waals surface area contributed by atoms with E-state index >= 15 is 0 Å². The van der Waals surface area contributed by atoms with Crippen molar-refractivity contribution in [2.24, 2.45) is 5.92 Å². The Bertz CT molecular complexity index is 463. The Labute approximate surface area is 119 Å². The van der Waals surface area contributed by atoms with Crippen molar-refractivity contribution in [3.63, 3.8) is 0 Å². The van der Waals surface area contributed by atoms with Crippen LogP contribution in [0, 0.1) is 5.92 Å². The van der Waals surface area contributed by atoms with E-state index in [2.05, 4.69) is 32.1 Å². The van der Waals surface area contributed by atoms with Crippen LogP contribution < -0.4 is 10.2 Å². The number of amides is 1. The number of carbonyl (C=O) groups is 1. The van der Waals surface area contributed by atoms with Gasteiger partial charge >= 0.3 is 0 Å². The first kappa shape index (κ1) is 13.3. The summed E-state index contributed by atoms with van der Waals surface area (Å²) in [6.45, 7) is 3.96. The third-order valence-electron chi connectivity index (χ3n) is 4.17. The van der Waals surface area contributed by atoms with E-state index in [-0.39, 0.29) is 11.8 Å². The minimum atomic E-state index is 0.104. The molecule has 2 aliphatic rings. The van der Waals surface area contributed by atoms with E-state index in [9.17, 15) is 4.79 Å². The lowest BCUT2D eigenvalue weighted by molar-refractivity contribution is -0.122. The van der Waals surface area contributed by atoms with Gasteiger partial charge in [-0.15, -0.1) is 0 Å². The predicted octanol–water partition coefficient (Wildman–Crippen LogP) is 0.967. The molecule has 6 heteroatoms. The van der Waals surface area contributed by atoms with Crippen LogP contribution in [0.15, 0.2) is 12.4 Å². The van der Waals surface area contributed by atoms with Gasteiger partial charge in [-0.2, -0.15) is 0 Å². The molecule has 1 aliphatic carbocycles. The minimum absolute atomic E-state index is 0.104. The van der Waals surface area contributed by atoms with Gasteiger partial charge in [-0.25, -0.2) is 9.97 Å². The van der Waals surface area contributed by atoms with Crippen molar-refractivity contribution in [1.29, 1.82) is 0 Å². The van der Waals surface area contributed by atoms with Gasteiger partial charge in [0.05, 0.1) is 18.1 Å². The molecule has 0 bridgehead atoms. The molecule has 20 heavy (non-hydrogen) atoms. The first-order chi connectivity index (χ1) is 9.72. The molecular formula is C14H21N5O. The number of piperazine rings is 1. The third-order valence-corrected chi connectivity index (χ3v) is 4.17. The van der Waals surface area contributed by atoms with Crippen molar-refractivity contribution >= 4 is 17.5 Å². The monoisotopic (exact) mass is 275 g/mol. The summed E-state index contributed by atoms with van der Waals surface area (Å²) in [6.07, 6.45) is 6.59. The molecule has 0 spiro atoms. The number of hydrogen-bond acceptors (Lipinski definition) is 5. The summed E-state index contributed by atoms with van der Waals surface area (Å²) in [6, 6.07) is 0. The highest BCUT2D eigenvalue weighted by Crippen LogP contribution is 2.27. The van der Waals surface area contributed by atoms with Crippen LogP contribution in [0.5, 0.6) is 0 Å². The van der Waals surface area contributed by atoms with Gasteiger partial charge in [-0.05, 0) is 19.9 Å². The third kappa shape index (κ3) is 2.90. The standard InChI is InChI=1S/C14H21N5O/c1-18-5-7-19(8-6-18)14-15-9-12(10-16-14)17-13(20)11-3-2-4-11/h9-11H,2-8H2,1H3,(H,17,20). The Morgan fingerprint density at radius 3 is 2.40 bits per heavy atom. The van der Waals surface area contributed by atoms with Gasteiger partial charge in [-0.3, -0.25) is 4.79 Å². The van der Waals surface area contributed by atoms with Crippen LogP contribution in [-0.4, -0.2) is 54.0 Å². The summed E-state index contributed by atoms with van der Waals surface area (Å²) in [5.41, 5.74) is 0.694. The van der Waals surface area contributed by atoms with Crippen molar-refractivity contribution in [2.45, 2.75) is 19.3 Å². The predicted molar refractivity (Wildman–Crippen MR) is 77.7 cm³/mol. The van der Waals surface area contributed by atoms with E-state index in [1.165, 1.54) is 0 Å². The molecule has 3 rings (SSSR count). The van der Waals surface area contributed by atoms with E-state index in [0.29, 0.717) is 5.69 Å². The van der Waals surface area contributed by atoms with Crippen LogP contribution in [0.3, 0.4) is 0 Å². The van der Waals surface area contributed by atoms with Crippen LogP contribution >= 0.6 is 0 Å². The Morgan fingerprint density at radius 2 is 1.85 bits per heavy atom.